The van der Waals surface area contributed by atoms with Gasteiger partial charge in [0.1, 0.15) is 16.4 Å². The number of rotatable bonds is 6. The van der Waals surface area contributed by atoms with Crippen molar-refractivity contribution >= 4 is 31.4 Å². The molecule has 0 spiro atoms. The minimum absolute atomic E-state index is 0.0306. The van der Waals surface area contributed by atoms with Crippen LogP contribution in [0.15, 0.2) is 47.4 Å². The van der Waals surface area contributed by atoms with Crippen molar-refractivity contribution < 1.29 is 26.3 Å². The molecule has 2 aromatic carbocycles. The zero-order valence-electron chi connectivity index (χ0n) is 14.9. The van der Waals surface area contributed by atoms with E-state index in [2.05, 4.69) is 4.72 Å². The fraction of sp³-hybridized carbons (Fsp3) is 0.294. The van der Waals surface area contributed by atoms with Crippen LogP contribution in [-0.2, 0) is 20.0 Å². The number of benzene rings is 2. The lowest BCUT2D eigenvalue weighted by Gasteiger charge is -2.17. The summed E-state index contributed by atoms with van der Waals surface area (Å²) >= 11 is 0. The van der Waals surface area contributed by atoms with Gasteiger partial charge < -0.3 is 9.47 Å². The summed E-state index contributed by atoms with van der Waals surface area (Å²) in [5, 5.41) is 0. The molecule has 1 fully saturated rings. The van der Waals surface area contributed by atoms with E-state index < -0.39 is 20.0 Å². The second-order valence-electron chi connectivity index (χ2n) is 5.91. The van der Waals surface area contributed by atoms with Gasteiger partial charge in [0.05, 0.1) is 25.7 Å². The van der Waals surface area contributed by atoms with Crippen LogP contribution in [0.1, 0.15) is 6.42 Å². The van der Waals surface area contributed by atoms with Gasteiger partial charge in [0.15, 0.2) is 0 Å². The summed E-state index contributed by atoms with van der Waals surface area (Å²) in [4.78, 5) is -0.0306. The predicted octanol–water partition coefficient (Wildman–Crippen LogP) is 2.04. The number of hydrogen-bond acceptors (Lipinski definition) is 6. The monoisotopic (exact) mass is 412 g/mol. The average molecular weight is 412 g/mol. The van der Waals surface area contributed by atoms with Crippen molar-refractivity contribution in [3.63, 3.8) is 0 Å². The maximum atomic E-state index is 12.7. The molecule has 1 saturated heterocycles. The molecule has 0 saturated carbocycles. The summed E-state index contributed by atoms with van der Waals surface area (Å²) in [6.45, 7) is 0.427. The number of ether oxygens (including phenoxy) is 2. The second kappa shape index (κ2) is 7.28. The first-order chi connectivity index (χ1) is 12.8. The van der Waals surface area contributed by atoms with Crippen molar-refractivity contribution in [3.05, 3.63) is 42.5 Å². The van der Waals surface area contributed by atoms with Crippen molar-refractivity contribution in [2.24, 2.45) is 0 Å². The molecule has 0 bridgehead atoms. The molecule has 10 heteroatoms. The van der Waals surface area contributed by atoms with Crippen LogP contribution >= 0.6 is 0 Å². The zero-order chi connectivity index (χ0) is 19.7. The topological polar surface area (TPSA) is 102 Å². The number of methoxy groups -OCH3 is 2. The van der Waals surface area contributed by atoms with E-state index in [0.717, 1.165) is 0 Å². The Kier molecular flexibility index (Phi) is 5.20. The molecule has 0 radical (unpaired) electrons. The fourth-order valence-electron chi connectivity index (χ4n) is 2.83. The van der Waals surface area contributed by atoms with Crippen molar-refractivity contribution in [1.29, 1.82) is 0 Å². The summed E-state index contributed by atoms with van der Waals surface area (Å²) in [6.07, 6.45) is 0.577. The van der Waals surface area contributed by atoms with Crippen LogP contribution in [0.25, 0.3) is 0 Å². The van der Waals surface area contributed by atoms with E-state index in [1.807, 2.05) is 0 Å². The standard InChI is InChI=1S/C17H20N2O6S2/c1-24-15-8-9-17(16(12-15)25-2)27(22,23)18-13-4-6-14(7-5-13)19-10-3-11-26(19,20)21/h4-9,12,18H,3,10-11H2,1-2H3. The molecule has 0 amide bonds. The summed E-state index contributed by atoms with van der Waals surface area (Å²) in [5.74, 6) is 0.752. The van der Waals surface area contributed by atoms with Crippen LogP contribution in [0.4, 0.5) is 11.4 Å². The largest absolute Gasteiger partial charge is 0.497 e. The number of sulfonamides is 2. The number of nitrogens with zero attached hydrogens (tertiary/aromatic N) is 1. The molecule has 3 rings (SSSR count). The van der Waals surface area contributed by atoms with Gasteiger partial charge in [-0.1, -0.05) is 0 Å². The van der Waals surface area contributed by atoms with E-state index in [4.69, 9.17) is 9.47 Å². The van der Waals surface area contributed by atoms with Crippen molar-refractivity contribution in [2.45, 2.75) is 11.3 Å². The molecular formula is C17H20N2O6S2. The zero-order valence-corrected chi connectivity index (χ0v) is 16.5. The lowest BCUT2D eigenvalue weighted by molar-refractivity contribution is 0.386. The minimum Gasteiger partial charge on any atom is -0.497 e. The van der Waals surface area contributed by atoms with Gasteiger partial charge in [0.25, 0.3) is 10.0 Å². The number of hydrogen-bond donors (Lipinski definition) is 1. The van der Waals surface area contributed by atoms with Gasteiger partial charge in [-0.3, -0.25) is 9.03 Å². The Morgan fingerprint density at radius 1 is 1.04 bits per heavy atom. The molecule has 0 aliphatic carbocycles. The molecule has 1 aliphatic heterocycles. The average Bonchev–Trinajstić information content (AvgIpc) is 3.00. The van der Waals surface area contributed by atoms with Crippen LogP contribution in [0.3, 0.4) is 0 Å². The highest BCUT2D eigenvalue weighted by molar-refractivity contribution is 7.93. The van der Waals surface area contributed by atoms with E-state index in [1.54, 1.807) is 12.1 Å². The molecule has 1 heterocycles. The Balaban J connectivity index is 1.84. The number of nitrogens with one attached hydrogen (secondary N) is 1. The molecule has 1 N–H and O–H groups in total. The Morgan fingerprint density at radius 3 is 2.30 bits per heavy atom. The molecule has 0 aromatic heterocycles. The summed E-state index contributed by atoms with van der Waals surface area (Å²) in [7, 11) is -4.33. The highest BCUT2D eigenvalue weighted by atomic mass is 32.2. The first-order valence-electron chi connectivity index (χ1n) is 8.12. The predicted molar refractivity (Wildman–Crippen MR) is 103 cm³/mol. The summed E-state index contributed by atoms with van der Waals surface area (Å²) < 4.78 is 63.3. The van der Waals surface area contributed by atoms with Crippen LogP contribution in [0, 0.1) is 0 Å². The fourth-order valence-corrected chi connectivity index (χ4v) is 5.61. The summed E-state index contributed by atoms with van der Waals surface area (Å²) in [6, 6.07) is 10.6. The van der Waals surface area contributed by atoms with Crippen molar-refractivity contribution in [1.82, 2.24) is 0 Å². The third-order valence-corrected chi connectivity index (χ3v) is 7.46. The highest BCUT2D eigenvalue weighted by Gasteiger charge is 2.28. The van der Waals surface area contributed by atoms with Gasteiger partial charge in [0, 0.05) is 18.3 Å². The SMILES string of the molecule is COc1ccc(S(=O)(=O)Nc2ccc(N3CCCS3(=O)=O)cc2)c(OC)c1. The maximum Gasteiger partial charge on any atom is 0.265 e. The smallest absolute Gasteiger partial charge is 0.265 e. The third-order valence-electron chi connectivity index (χ3n) is 4.17. The van der Waals surface area contributed by atoms with E-state index in [0.29, 0.717) is 30.1 Å². The van der Waals surface area contributed by atoms with Crippen LogP contribution in [0.5, 0.6) is 11.5 Å². The Bertz CT molecular complexity index is 1030. The van der Waals surface area contributed by atoms with Crippen molar-refractivity contribution in [3.8, 4) is 11.5 Å². The molecule has 2 aromatic rings. The lowest BCUT2D eigenvalue weighted by atomic mass is 10.3. The van der Waals surface area contributed by atoms with Gasteiger partial charge in [0.2, 0.25) is 10.0 Å². The molecule has 146 valence electrons. The first-order valence-corrected chi connectivity index (χ1v) is 11.2. The Morgan fingerprint density at radius 2 is 1.74 bits per heavy atom. The van der Waals surface area contributed by atoms with Gasteiger partial charge in [-0.05, 0) is 42.8 Å². The van der Waals surface area contributed by atoms with Gasteiger partial charge >= 0.3 is 0 Å². The first kappa shape index (κ1) is 19.3. The van der Waals surface area contributed by atoms with Gasteiger partial charge in [-0.25, -0.2) is 16.8 Å². The normalized spacial score (nSPS) is 16.1. The molecular weight excluding hydrogens is 392 g/mol. The molecule has 0 atom stereocenters. The third kappa shape index (κ3) is 3.96. The minimum atomic E-state index is -3.90. The van der Waals surface area contributed by atoms with E-state index in [-0.39, 0.29) is 16.4 Å². The quantitative estimate of drug-likeness (QED) is 0.779. The Hall–Kier alpha value is -2.46. The van der Waals surface area contributed by atoms with E-state index in [1.165, 1.54) is 48.9 Å². The van der Waals surface area contributed by atoms with Crippen LogP contribution in [0.2, 0.25) is 0 Å². The highest BCUT2D eigenvalue weighted by Crippen LogP contribution is 2.31. The summed E-state index contributed by atoms with van der Waals surface area (Å²) in [5.41, 5.74) is 0.825. The lowest BCUT2D eigenvalue weighted by Crippen LogP contribution is -2.25. The molecule has 1 aliphatic rings. The number of anilines is 2. The van der Waals surface area contributed by atoms with Crippen LogP contribution < -0.4 is 18.5 Å². The van der Waals surface area contributed by atoms with E-state index >= 15 is 0 Å². The van der Waals surface area contributed by atoms with Crippen molar-refractivity contribution in [2.75, 3.05) is 35.5 Å². The molecule has 27 heavy (non-hydrogen) atoms. The van der Waals surface area contributed by atoms with E-state index in [9.17, 15) is 16.8 Å². The molecule has 0 unspecified atom stereocenters. The van der Waals surface area contributed by atoms with Crippen LogP contribution in [-0.4, -0.2) is 43.4 Å². The maximum absolute atomic E-state index is 12.7. The second-order valence-corrected chi connectivity index (χ2v) is 9.57. The molecule has 8 nitrogen and oxygen atoms in total. The Labute approximate surface area is 158 Å². The van der Waals surface area contributed by atoms with Gasteiger partial charge in [-0.2, -0.15) is 0 Å². The van der Waals surface area contributed by atoms with Gasteiger partial charge in [-0.15, -0.1) is 0 Å².